The lowest BCUT2D eigenvalue weighted by molar-refractivity contribution is -0.133. The van der Waals surface area contributed by atoms with Crippen LogP contribution in [-0.4, -0.2) is 86.0 Å². The average molecular weight is 416 g/mol. The number of carbonyl (C=O) groups is 1. The van der Waals surface area contributed by atoms with Gasteiger partial charge in [0.25, 0.3) is 0 Å². The van der Waals surface area contributed by atoms with Crippen molar-refractivity contribution in [1.82, 2.24) is 20.0 Å². The minimum absolute atomic E-state index is 0.288. The highest BCUT2D eigenvalue weighted by molar-refractivity contribution is 5.80. The maximum absolute atomic E-state index is 12.5. The SMILES string of the molecule is CCOc1ccc(CNC(=NC)N2CCN(CC(=O)N3CCCCC3)CC2)cc1C. The summed E-state index contributed by atoms with van der Waals surface area (Å²) in [5, 5.41) is 3.48. The molecule has 2 saturated heterocycles. The Morgan fingerprint density at radius 1 is 1.07 bits per heavy atom. The Morgan fingerprint density at radius 3 is 2.43 bits per heavy atom. The molecule has 2 fully saturated rings. The van der Waals surface area contributed by atoms with Crippen LogP contribution in [0, 0.1) is 6.92 Å². The fraction of sp³-hybridized carbons (Fsp3) is 0.652. The Bertz CT molecular complexity index is 722. The third-order valence-corrected chi connectivity index (χ3v) is 5.94. The summed E-state index contributed by atoms with van der Waals surface area (Å²) in [7, 11) is 1.83. The molecule has 2 aliphatic heterocycles. The van der Waals surface area contributed by atoms with E-state index in [9.17, 15) is 4.79 Å². The van der Waals surface area contributed by atoms with Crippen molar-refractivity contribution in [2.24, 2.45) is 4.99 Å². The summed E-state index contributed by atoms with van der Waals surface area (Å²) >= 11 is 0. The van der Waals surface area contributed by atoms with Crippen LogP contribution in [0.3, 0.4) is 0 Å². The van der Waals surface area contributed by atoms with Crippen LogP contribution in [0.4, 0.5) is 0 Å². The van der Waals surface area contributed by atoms with Gasteiger partial charge < -0.3 is 19.9 Å². The first kappa shape index (κ1) is 22.4. The number of nitrogens with one attached hydrogen (secondary N) is 1. The van der Waals surface area contributed by atoms with Gasteiger partial charge in [-0.15, -0.1) is 0 Å². The van der Waals surface area contributed by atoms with Crippen LogP contribution in [0.2, 0.25) is 0 Å². The molecule has 0 aromatic heterocycles. The van der Waals surface area contributed by atoms with E-state index in [2.05, 4.69) is 39.2 Å². The minimum Gasteiger partial charge on any atom is -0.494 e. The number of ether oxygens (including phenoxy) is 1. The zero-order valence-corrected chi connectivity index (χ0v) is 18.8. The number of amides is 1. The molecule has 2 heterocycles. The largest absolute Gasteiger partial charge is 0.494 e. The zero-order chi connectivity index (χ0) is 21.3. The standard InChI is InChI=1S/C23H37N5O2/c1-4-30-21-9-8-20(16-19(21)2)17-25-23(24-3)28-14-12-26(13-15-28)18-22(29)27-10-6-5-7-11-27/h8-9,16H,4-7,10-15,17-18H2,1-3H3,(H,24,25). The van der Waals surface area contributed by atoms with Crippen LogP contribution in [-0.2, 0) is 11.3 Å². The Balaban J connectivity index is 1.44. The van der Waals surface area contributed by atoms with Gasteiger partial charge in [0.1, 0.15) is 5.75 Å². The van der Waals surface area contributed by atoms with Crippen LogP contribution in [0.15, 0.2) is 23.2 Å². The Kier molecular flexibility index (Phi) is 8.37. The molecular formula is C23H37N5O2. The molecule has 3 rings (SSSR count). The number of rotatable bonds is 6. The van der Waals surface area contributed by atoms with Crippen molar-refractivity contribution in [2.45, 2.75) is 39.7 Å². The summed E-state index contributed by atoms with van der Waals surface area (Å²) in [5.74, 6) is 2.15. The Morgan fingerprint density at radius 2 is 1.80 bits per heavy atom. The molecule has 0 atom stereocenters. The maximum Gasteiger partial charge on any atom is 0.236 e. The predicted molar refractivity (Wildman–Crippen MR) is 121 cm³/mol. The number of aryl methyl sites for hydroxylation is 1. The predicted octanol–water partition coefficient (Wildman–Crippen LogP) is 2.10. The number of hydrogen-bond acceptors (Lipinski definition) is 4. The quantitative estimate of drug-likeness (QED) is 0.570. The molecule has 0 unspecified atom stereocenters. The third-order valence-electron chi connectivity index (χ3n) is 5.94. The Labute approximate surface area is 181 Å². The van der Waals surface area contributed by atoms with Gasteiger partial charge in [0.05, 0.1) is 13.2 Å². The van der Waals surface area contributed by atoms with Crippen molar-refractivity contribution >= 4 is 11.9 Å². The highest BCUT2D eigenvalue weighted by Crippen LogP contribution is 2.19. The number of benzene rings is 1. The van der Waals surface area contributed by atoms with Crippen molar-refractivity contribution in [3.05, 3.63) is 29.3 Å². The van der Waals surface area contributed by atoms with E-state index in [-0.39, 0.29) is 5.91 Å². The average Bonchev–Trinajstić information content (AvgIpc) is 2.77. The van der Waals surface area contributed by atoms with Crippen molar-refractivity contribution < 1.29 is 9.53 Å². The number of aliphatic imine (C=N–C) groups is 1. The monoisotopic (exact) mass is 415 g/mol. The molecule has 30 heavy (non-hydrogen) atoms. The second-order valence-electron chi connectivity index (χ2n) is 8.14. The van der Waals surface area contributed by atoms with Crippen LogP contribution in [0.25, 0.3) is 0 Å². The van der Waals surface area contributed by atoms with Crippen LogP contribution < -0.4 is 10.1 Å². The maximum atomic E-state index is 12.5. The molecular weight excluding hydrogens is 378 g/mol. The van der Waals surface area contributed by atoms with Gasteiger partial charge in [-0.25, -0.2) is 0 Å². The van der Waals surface area contributed by atoms with Gasteiger partial charge >= 0.3 is 0 Å². The fourth-order valence-electron chi connectivity index (χ4n) is 4.20. The van der Waals surface area contributed by atoms with Gasteiger partial charge in [-0.1, -0.05) is 12.1 Å². The molecule has 0 bridgehead atoms. The lowest BCUT2D eigenvalue weighted by atomic mass is 10.1. The van der Waals surface area contributed by atoms with Gasteiger partial charge in [0.2, 0.25) is 5.91 Å². The number of carbonyl (C=O) groups excluding carboxylic acids is 1. The van der Waals surface area contributed by atoms with Crippen LogP contribution in [0.1, 0.15) is 37.3 Å². The molecule has 2 aliphatic rings. The molecule has 0 saturated carbocycles. The fourth-order valence-corrected chi connectivity index (χ4v) is 4.20. The lowest BCUT2D eigenvalue weighted by Gasteiger charge is -2.37. The van der Waals surface area contributed by atoms with Crippen LogP contribution in [0.5, 0.6) is 5.75 Å². The highest BCUT2D eigenvalue weighted by atomic mass is 16.5. The smallest absolute Gasteiger partial charge is 0.236 e. The van der Waals surface area contributed by atoms with Crippen molar-refractivity contribution in [3.63, 3.8) is 0 Å². The first-order chi connectivity index (χ1) is 14.6. The van der Waals surface area contributed by atoms with Crippen molar-refractivity contribution in [3.8, 4) is 5.75 Å². The first-order valence-electron chi connectivity index (χ1n) is 11.3. The molecule has 0 radical (unpaired) electrons. The summed E-state index contributed by atoms with van der Waals surface area (Å²) < 4.78 is 5.63. The summed E-state index contributed by atoms with van der Waals surface area (Å²) in [4.78, 5) is 23.6. The molecule has 166 valence electrons. The number of hydrogen-bond donors (Lipinski definition) is 1. The molecule has 7 heteroatoms. The molecule has 1 aromatic rings. The van der Waals surface area contributed by atoms with Crippen molar-refractivity contribution in [2.75, 3.05) is 59.5 Å². The molecule has 1 amide bonds. The van der Waals surface area contributed by atoms with E-state index in [1.54, 1.807) is 0 Å². The van der Waals surface area contributed by atoms with Crippen LogP contribution >= 0.6 is 0 Å². The molecule has 1 N–H and O–H groups in total. The number of piperidine rings is 1. The van der Waals surface area contributed by atoms with E-state index in [4.69, 9.17) is 4.74 Å². The molecule has 7 nitrogen and oxygen atoms in total. The number of nitrogens with zero attached hydrogens (tertiary/aromatic N) is 4. The lowest BCUT2D eigenvalue weighted by Crippen LogP contribution is -2.54. The van der Waals surface area contributed by atoms with E-state index >= 15 is 0 Å². The number of piperazine rings is 1. The second-order valence-corrected chi connectivity index (χ2v) is 8.14. The van der Waals surface area contributed by atoms with E-state index in [1.165, 1.54) is 12.0 Å². The van der Waals surface area contributed by atoms with E-state index in [0.717, 1.165) is 75.9 Å². The number of guanidine groups is 1. The highest BCUT2D eigenvalue weighted by Gasteiger charge is 2.24. The van der Waals surface area contributed by atoms with E-state index < -0.39 is 0 Å². The summed E-state index contributed by atoms with van der Waals surface area (Å²) in [6.45, 7) is 11.5. The van der Waals surface area contributed by atoms with Gasteiger partial charge in [0.15, 0.2) is 5.96 Å². The van der Waals surface area contributed by atoms with E-state index in [0.29, 0.717) is 13.2 Å². The van der Waals surface area contributed by atoms with E-state index in [1.807, 2.05) is 24.9 Å². The van der Waals surface area contributed by atoms with Crippen molar-refractivity contribution in [1.29, 1.82) is 0 Å². The van der Waals surface area contributed by atoms with Gasteiger partial charge in [-0.05, 0) is 50.3 Å². The second kappa shape index (κ2) is 11.2. The summed E-state index contributed by atoms with van der Waals surface area (Å²) in [6, 6.07) is 6.30. The minimum atomic E-state index is 0.288. The molecule has 0 spiro atoms. The normalized spacial score (nSPS) is 18.4. The third kappa shape index (κ3) is 6.11. The molecule has 0 aliphatic carbocycles. The van der Waals surface area contributed by atoms with Gasteiger partial charge in [-0.2, -0.15) is 0 Å². The first-order valence-corrected chi connectivity index (χ1v) is 11.3. The Hall–Kier alpha value is -2.28. The topological polar surface area (TPSA) is 60.4 Å². The number of likely N-dealkylation sites (tertiary alicyclic amines) is 1. The van der Waals surface area contributed by atoms with Gasteiger partial charge in [0, 0.05) is 52.9 Å². The van der Waals surface area contributed by atoms with Gasteiger partial charge in [-0.3, -0.25) is 14.7 Å². The molecule has 1 aromatic carbocycles. The summed E-state index contributed by atoms with van der Waals surface area (Å²) in [6.07, 6.45) is 3.55. The zero-order valence-electron chi connectivity index (χ0n) is 18.8. The summed E-state index contributed by atoms with van der Waals surface area (Å²) in [5.41, 5.74) is 2.36.